The van der Waals surface area contributed by atoms with Crippen LogP contribution in [-0.2, 0) is 32.5 Å². The molecular formula is C83H107N5O. The minimum atomic E-state index is -0.120. The van der Waals surface area contributed by atoms with Gasteiger partial charge in [0.25, 0.3) is 5.91 Å². The van der Waals surface area contributed by atoms with E-state index in [1.54, 1.807) is 0 Å². The maximum absolute atomic E-state index is 13.8. The van der Waals surface area contributed by atoms with Crippen LogP contribution in [0.25, 0.3) is 90.9 Å². The Morgan fingerprint density at radius 2 is 0.596 bits per heavy atom. The summed E-state index contributed by atoms with van der Waals surface area (Å²) in [5.41, 5.74) is 23.2. The lowest BCUT2D eigenvalue weighted by atomic mass is 9.78. The van der Waals surface area contributed by atoms with Crippen LogP contribution in [0.4, 0.5) is 0 Å². The van der Waals surface area contributed by atoms with Crippen LogP contribution in [0.2, 0.25) is 0 Å². The minimum Gasteiger partial charge on any atom is -0.354 e. The molecular weight excluding hydrogens is 1080 g/mol. The van der Waals surface area contributed by atoms with Crippen molar-refractivity contribution in [3.63, 3.8) is 0 Å². The monoisotopic (exact) mass is 1190 g/mol. The maximum Gasteiger partial charge on any atom is 0.251 e. The average Bonchev–Trinajstić information content (AvgIpc) is 3.65. The molecule has 0 aliphatic carbocycles. The van der Waals surface area contributed by atoms with Crippen LogP contribution in [-0.4, -0.2) is 32.4 Å². The number of aromatic amines is 2. The van der Waals surface area contributed by atoms with Gasteiger partial charge in [0.15, 0.2) is 0 Å². The lowest BCUT2D eigenvalue weighted by molar-refractivity contribution is 0.0953. The van der Waals surface area contributed by atoms with Gasteiger partial charge in [-0.2, -0.15) is 0 Å². The van der Waals surface area contributed by atoms with Crippen molar-refractivity contribution < 1.29 is 4.79 Å². The van der Waals surface area contributed by atoms with Crippen molar-refractivity contribution in [2.24, 2.45) is 0 Å². The molecule has 5 heterocycles. The van der Waals surface area contributed by atoms with Gasteiger partial charge in [-0.05, 0) is 155 Å². The van der Waals surface area contributed by atoms with Gasteiger partial charge in [-0.25, -0.2) is 9.97 Å². The number of carbonyl (C=O) groups is 1. The molecule has 3 N–H and O–H groups in total. The van der Waals surface area contributed by atoms with Crippen LogP contribution in [0, 0.1) is 0 Å². The summed E-state index contributed by atoms with van der Waals surface area (Å²) in [4.78, 5) is 33.6. The second-order valence-corrected chi connectivity index (χ2v) is 32.1. The van der Waals surface area contributed by atoms with Gasteiger partial charge in [0, 0.05) is 56.4 Å². The highest BCUT2D eigenvalue weighted by Gasteiger charge is 2.28. The molecule has 0 spiro atoms. The smallest absolute Gasteiger partial charge is 0.251 e. The number of benzene rings is 4. The number of rotatable bonds is 18. The molecule has 470 valence electrons. The highest BCUT2D eigenvalue weighted by Crippen LogP contribution is 2.44. The van der Waals surface area contributed by atoms with E-state index < -0.39 is 0 Å². The van der Waals surface area contributed by atoms with E-state index in [2.05, 4.69) is 262 Å². The molecule has 7 aromatic rings. The molecule has 3 aromatic heterocycles. The first-order valence-electron chi connectivity index (χ1n) is 33.8. The van der Waals surface area contributed by atoms with E-state index in [-0.39, 0.29) is 38.4 Å². The Bertz CT molecular complexity index is 3750. The topological polar surface area (TPSA) is 86.5 Å². The van der Waals surface area contributed by atoms with Crippen LogP contribution >= 0.6 is 0 Å². The summed E-state index contributed by atoms with van der Waals surface area (Å²) < 4.78 is 0. The molecule has 0 saturated heterocycles. The molecule has 0 saturated carbocycles. The van der Waals surface area contributed by atoms with E-state index in [0.717, 1.165) is 102 Å². The molecule has 2 aliphatic heterocycles. The number of hydrogen-bond donors (Lipinski definition) is 3. The molecule has 1 amide bonds. The van der Waals surface area contributed by atoms with E-state index in [0.29, 0.717) is 12.1 Å². The highest BCUT2D eigenvalue weighted by molar-refractivity contribution is 6.01. The number of nitrogens with zero attached hydrogens (tertiary/aromatic N) is 2. The zero-order chi connectivity index (χ0) is 64.4. The van der Waals surface area contributed by atoms with Crippen LogP contribution in [0.1, 0.15) is 275 Å². The van der Waals surface area contributed by atoms with Crippen LogP contribution < -0.4 is 5.32 Å². The molecule has 0 unspecified atom stereocenters. The number of unbranched alkanes of at least 4 members (excludes halogenated alkanes) is 11. The van der Waals surface area contributed by atoms with E-state index >= 15 is 0 Å². The third-order valence-corrected chi connectivity index (χ3v) is 18.4. The van der Waals surface area contributed by atoms with E-state index in [1.807, 2.05) is 12.1 Å². The van der Waals surface area contributed by atoms with Crippen LogP contribution in [0.3, 0.4) is 0 Å². The quantitative estimate of drug-likeness (QED) is 0.0748. The lowest BCUT2D eigenvalue weighted by Gasteiger charge is -2.26. The van der Waals surface area contributed by atoms with Gasteiger partial charge in [-0.1, -0.05) is 269 Å². The average molecular weight is 1190 g/mol. The summed E-state index contributed by atoms with van der Waals surface area (Å²) in [5.74, 6) is -0.0416. The van der Waals surface area contributed by atoms with Crippen LogP contribution in [0.5, 0.6) is 0 Å². The van der Waals surface area contributed by atoms with Crippen molar-refractivity contribution in [1.82, 2.24) is 25.3 Å². The van der Waals surface area contributed by atoms with E-state index in [9.17, 15) is 4.79 Å². The Morgan fingerprint density at radius 1 is 0.337 bits per heavy atom. The summed E-state index contributed by atoms with van der Waals surface area (Å²) in [5, 5.41) is 3.24. The molecule has 89 heavy (non-hydrogen) atoms. The molecule has 0 atom stereocenters. The lowest BCUT2D eigenvalue weighted by Crippen LogP contribution is -2.24. The number of fused-ring (bicyclic) bond motifs is 8. The first-order chi connectivity index (χ1) is 41.8. The Labute approximate surface area is 536 Å². The molecule has 0 radical (unpaired) electrons. The van der Waals surface area contributed by atoms with Crippen molar-refractivity contribution in [2.45, 2.75) is 241 Å². The zero-order valence-electron chi connectivity index (χ0n) is 58.1. The van der Waals surface area contributed by atoms with Gasteiger partial charge in [-0.3, -0.25) is 4.79 Å². The first kappa shape index (κ1) is 66.4. The molecule has 4 aromatic carbocycles. The predicted molar refractivity (Wildman–Crippen MR) is 386 cm³/mol. The van der Waals surface area contributed by atoms with Crippen molar-refractivity contribution in [3.8, 4) is 44.5 Å². The minimum absolute atomic E-state index is 0.0416. The first-order valence-corrected chi connectivity index (χ1v) is 33.8. The summed E-state index contributed by atoms with van der Waals surface area (Å²) in [6, 6.07) is 38.7. The van der Waals surface area contributed by atoms with Crippen LogP contribution in [0.15, 0.2) is 103 Å². The second-order valence-electron chi connectivity index (χ2n) is 32.1. The van der Waals surface area contributed by atoms with Crippen molar-refractivity contribution >= 4 is 52.3 Å². The van der Waals surface area contributed by atoms with Gasteiger partial charge in [0.2, 0.25) is 0 Å². The van der Waals surface area contributed by atoms with E-state index in [1.165, 1.54) is 97.6 Å². The fourth-order valence-corrected chi connectivity index (χ4v) is 12.4. The fraction of sp³-hybridized carbons (Fsp3) is 0.458. The summed E-state index contributed by atoms with van der Waals surface area (Å²) in [6.07, 6.45) is 24.3. The Hall–Kier alpha value is -7.05. The number of hydrogen-bond acceptors (Lipinski definition) is 3. The van der Waals surface area contributed by atoms with Gasteiger partial charge >= 0.3 is 0 Å². The normalized spacial score (nSPS) is 13.2. The number of amides is 1. The summed E-state index contributed by atoms with van der Waals surface area (Å²) >= 11 is 0. The number of aromatic nitrogens is 4. The molecule has 6 nitrogen and oxygen atoms in total. The van der Waals surface area contributed by atoms with Crippen molar-refractivity contribution in [2.75, 3.05) is 6.54 Å². The van der Waals surface area contributed by atoms with Crippen molar-refractivity contribution in [3.05, 3.63) is 165 Å². The molecule has 2 aliphatic rings. The van der Waals surface area contributed by atoms with Gasteiger partial charge in [-0.15, -0.1) is 0 Å². The third-order valence-electron chi connectivity index (χ3n) is 18.4. The third kappa shape index (κ3) is 15.9. The Morgan fingerprint density at radius 3 is 0.865 bits per heavy atom. The molecule has 9 rings (SSSR count). The molecule has 8 bridgehead atoms. The summed E-state index contributed by atoms with van der Waals surface area (Å²) in [7, 11) is 0. The summed E-state index contributed by atoms with van der Waals surface area (Å²) in [6.45, 7) is 44.5. The highest BCUT2D eigenvalue weighted by atomic mass is 16.1. The SMILES string of the molecule is CCCCCCCCCCCCCCNC(=O)c1ccc(-c2c3nc(c(-c4cc(C(C)(C)C)cc(C(C)(C)C)c4)c4ccc([nH]4)c(-c4cc(C(C)(C)C)cc(C(C)(C)C)c4)c4nc(c(-c5cc(C(C)(C)C)cc(C(C)(C)C)c5)c5ccc2[nH]5)C=C4)C=C3)cc1. The fourth-order valence-electron chi connectivity index (χ4n) is 12.4. The standard InChI is InChI=1S/C83H107N5O/c1-20-21-22-23-24-25-26-27-28-29-30-31-44-84-77(89)55-34-32-54(33-35-55)73-65-36-38-67(85-65)74(56-45-59(78(2,3)4)51-60(46-56)79(5,6)7)69-40-42-71(87-69)76(58-49-63(82(14,15)16)53-64(50-58)83(17,18)19)72-43-41-70(88-72)75(68-39-37-66(73)86-68)57-47-61(80(8,9)10)52-62(48-57)81(11,12)13/h32-43,45-53,85,88H,20-31,44H2,1-19H3,(H,84,89). The molecule has 6 heteroatoms. The Kier molecular flexibility index (Phi) is 19.7. The maximum atomic E-state index is 13.8. The van der Waals surface area contributed by atoms with Gasteiger partial charge in [0.05, 0.1) is 22.8 Å². The number of carbonyl (C=O) groups excluding carboxylic acids is 1. The van der Waals surface area contributed by atoms with Gasteiger partial charge in [0.1, 0.15) is 0 Å². The van der Waals surface area contributed by atoms with E-state index in [4.69, 9.17) is 9.97 Å². The number of H-pyrrole nitrogens is 2. The Balaban J connectivity index is 1.29. The number of nitrogens with one attached hydrogen (secondary N) is 3. The molecule has 0 fully saturated rings. The zero-order valence-corrected chi connectivity index (χ0v) is 58.1. The second kappa shape index (κ2) is 26.4. The largest absolute Gasteiger partial charge is 0.354 e. The van der Waals surface area contributed by atoms with Crippen molar-refractivity contribution in [1.29, 1.82) is 0 Å². The predicted octanol–water partition coefficient (Wildman–Crippen LogP) is 23.5. The van der Waals surface area contributed by atoms with Gasteiger partial charge < -0.3 is 15.3 Å².